The van der Waals surface area contributed by atoms with E-state index in [0.717, 1.165) is 11.3 Å². The van der Waals surface area contributed by atoms with Crippen LogP contribution in [-0.2, 0) is 6.54 Å². The number of halogens is 1. The third-order valence-corrected chi connectivity index (χ3v) is 4.05. The molecule has 0 aliphatic rings. The van der Waals surface area contributed by atoms with Crippen LogP contribution in [0.4, 0.5) is 11.6 Å². The van der Waals surface area contributed by atoms with Gasteiger partial charge in [-0.05, 0) is 55.0 Å². The first kappa shape index (κ1) is 18.7. The Morgan fingerprint density at radius 1 is 1.07 bits per heavy atom. The fraction of sp³-hybridized carbons (Fsp3) is 0.150. The van der Waals surface area contributed by atoms with E-state index in [1.807, 2.05) is 31.2 Å². The maximum Gasteiger partial charge on any atom is 0.274 e. The Kier molecular flexibility index (Phi) is 5.88. The number of anilines is 2. The number of nitrogens with zero attached hydrogens (tertiary/aromatic N) is 2. The lowest BCUT2D eigenvalue weighted by Crippen LogP contribution is -2.16. The average molecular weight is 383 g/mol. The molecule has 1 amide bonds. The molecule has 1 heterocycles. The summed E-state index contributed by atoms with van der Waals surface area (Å²) in [5.74, 6) is 0.883. The van der Waals surface area contributed by atoms with Crippen molar-refractivity contribution in [3.63, 3.8) is 0 Å². The van der Waals surface area contributed by atoms with Crippen molar-refractivity contribution in [2.24, 2.45) is 0 Å². The highest BCUT2D eigenvalue weighted by molar-refractivity contribution is 6.30. The number of nitrogens with one attached hydrogen (secondary N) is 2. The Morgan fingerprint density at radius 2 is 1.78 bits per heavy atom. The van der Waals surface area contributed by atoms with E-state index in [9.17, 15) is 4.79 Å². The Morgan fingerprint density at radius 3 is 2.44 bits per heavy atom. The predicted octanol–water partition coefficient (Wildman–Crippen LogP) is 4.31. The highest BCUT2D eigenvalue weighted by Crippen LogP contribution is 2.16. The summed E-state index contributed by atoms with van der Waals surface area (Å²) in [7, 11) is 1.63. The summed E-state index contributed by atoms with van der Waals surface area (Å²) in [6.07, 6.45) is 0. The number of aromatic nitrogens is 2. The number of hydrogen-bond acceptors (Lipinski definition) is 5. The summed E-state index contributed by atoms with van der Waals surface area (Å²) in [5, 5.41) is 6.55. The van der Waals surface area contributed by atoms with Gasteiger partial charge in [0.2, 0.25) is 5.95 Å². The number of benzene rings is 2. The molecule has 0 unspecified atom stereocenters. The van der Waals surface area contributed by atoms with Gasteiger partial charge >= 0.3 is 0 Å². The van der Waals surface area contributed by atoms with E-state index in [4.69, 9.17) is 16.3 Å². The maximum absolute atomic E-state index is 12.5. The average Bonchev–Trinajstić information content (AvgIpc) is 2.68. The molecule has 1 aromatic heterocycles. The highest BCUT2D eigenvalue weighted by Gasteiger charge is 2.11. The lowest BCUT2D eigenvalue weighted by Gasteiger charge is -2.09. The van der Waals surface area contributed by atoms with Gasteiger partial charge in [0, 0.05) is 22.9 Å². The lowest BCUT2D eigenvalue weighted by molar-refractivity contribution is 0.102. The predicted molar refractivity (Wildman–Crippen MR) is 106 cm³/mol. The van der Waals surface area contributed by atoms with Crippen LogP contribution < -0.4 is 15.4 Å². The number of aryl methyl sites for hydroxylation is 1. The van der Waals surface area contributed by atoms with Crippen molar-refractivity contribution in [2.75, 3.05) is 17.7 Å². The maximum atomic E-state index is 12.5. The SMILES string of the molecule is COc1ccc(CNc2nc(C)cc(C(=O)Nc3ccc(Cl)cc3)n2)cc1. The van der Waals surface area contributed by atoms with Crippen molar-refractivity contribution in [2.45, 2.75) is 13.5 Å². The first-order valence-electron chi connectivity index (χ1n) is 8.33. The number of rotatable bonds is 6. The van der Waals surface area contributed by atoms with Crippen LogP contribution in [0, 0.1) is 6.92 Å². The summed E-state index contributed by atoms with van der Waals surface area (Å²) in [4.78, 5) is 21.1. The molecule has 2 N–H and O–H groups in total. The molecular weight excluding hydrogens is 364 g/mol. The standard InChI is InChI=1S/C20H19ClN4O2/c1-13-11-18(19(26)24-16-7-5-15(21)6-8-16)25-20(23-13)22-12-14-3-9-17(27-2)10-4-14/h3-11H,12H2,1-2H3,(H,24,26)(H,22,23,25). The van der Waals surface area contributed by atoms with Crippen LogP contribution in [0.1, 0.15) is 21.7 Å². The zero-order chi connectivity index (χ0) is 19.2. The Balaban J connectivity index is 1.69. The van der Waals surface area contributed by atoms with Crippen molar-refractivity contribution in [1.29, 1.82) is 0 Å². The van der Waals surface area contributed by atoms with Crippen LogP contribution >= 0.6 is 11.6 Å². The molecular formula is C20H19ClN4O2. The largest absolute Gasteiger partial charge is 0.497 e. The number of amides is 1. The summed E-state index contributed by atoms with van der Waals surface area (Å²) >= 11 is 5.86. The third-order valence-electron chi connectivity index (χ3n) is 3.80. The minimum absolute atomic E-state index is 0.287. The molecule has 0 bridgehead atoms. The molecule has 0 fully saturated rings. The van der Waals surface area contributed by atoms with Gasteiger partial charge in [0.15, 0.2) is 0 Å². The second kappa shape index (κ2) is 8.51. The molecule has 6 nitrogen and oxygen atoms in total. The molecule has 0 aliphatic carbocycles. The Labute approximate surface area is 162 Å². The van der Waals surface area contributed by atoms with Crippen molar-refractivity contribution in [3.05, 3.63) is 76.6 Å². The van der Waals surface area contributed by atoms with Gasteiger partial charge in [0.05, 0.1) is 7.11 Å². The van der Waals surface area contributed by atoms with Crippen molar-refractivity contribution >= 4 is 29.1 Å². The van der Waals surface area contributed by atoms with Gasteiger partial charge in [-0.1, -0.05) is 23.7 Å². The minimum atomic E-state index is -0.310. The second-order valence-electron chi connectivity index (χ2n) is 5.88. The quantitative estimate of drug-likeness (QED) is 0.664. The molecule has 0 saturated heterocycles. The Hall–Kier alpha value is -3.12. The van der Waals surface area contributed by atoms with Crippen LogP contribution in [0.2, 0.25) is 5.02 Å². The van der Waals surface area contributed by atoms with E-state index in [0.29, 0.717) is 28.9 Å². The van der Waals surface area contributed by atoms with Gasteiger partial charge in [-0.3, -0.25) is 4.79 Å². The summed E-state index contributed by atoms with van der Waals surface area (Å²) in [6, 6.07) is 16.2. The minimum Gasteiger partial charge on any atom is -0.497 e. The molecule has 0 atom stereocenters. The number of carbonyl (C=O) groups excluding carboxylic acids is 1. The first-order valence-corrected chi connectivity index (χ1v) is 8.71. The van der Waals surface area contributed by atoms with E-state index < -0.39 is 0 Å². The van der Waals surface area contributed by atoms with Gasteiger partial charge in [-0.25, -0.2) is 9.97 Å². The van der Waals surface area contributed by atoms with E-state index in [1.165, 1.54) is 0 Å². The number of ether oxygens (including phenoxy) is 1. The normalized spacial score (nSPS) is 10.3. The summed E-state index contributed by atoms with van der Waals surface area (Å²) in [6.45, 7) is 2.35. The van der Waals surface area contributed by atoms with Crippen molar-refractivity contribution in [3.8, 4) is 5.75 Å². The molecule has 3 rings (SSSR count). The molecule has 7 heteroatoms. The fourth-order valence-electron chi connectivity index (χ4n) is 2.42. The third kappa shape index (κ3) is 5.18. The van der Waals surface area contributed by atoms with Gasteiger partial charge in [0.25, 0.3) is 5.91 Å². The van der Waals surface area contributed by atoms with Gasteiger partial charge in [0.1, 0.15) is 11.4 Å². The van der Waals surface area contributed by atoms with Crippen LogP contribution in [0.25, 0.3) is 0 Å². The summed E-state index contributed by atoms with van der Waals surface area (Å²) in [5.41, 5.74) is 2.68. The van der Waals surface area contributed by atoms with Crippen LogP contribution in [0.5, 0.6) is 5.75 Å². The van der Waals surface area contributed by atoms with Crippen LogP contribution in [0.15, 0.2) is 54.6 Å². The van der Waals surface area contributed by atoms with Crippen LogP contribution in [0.3, 0.4) is 0 Å². The van der Waals surface area contributed by atoms with E-state index in [2.05, 4.69) is 20.6 Å². The van der Waals surface area contributed by atoms with Gasteiger partial charge < -0.3 is 15.4 Å². The Bertz CT molecular complexity index is 928. The fourth-order valence-corrected chi connectivity index (χ4v) is 2.54. The highest BCUT2D eigenvalue weighted by atomic mass is 35.5. The molecule has 0 radical (unpaired) electrons. The zero-order valence-corrected chi connectivity index (χ0v) is 15.7. The van der Waals surface area contributed by atoms with E-state index >= 15 is 0 Å². The summed E-state index contributed by atoms with van der Waals surface area (Å²) < 4.78 is 5.15. The molecule has 138 valence electrons. The number of carbonyl (C=O) groups is 1. The lowest BCUT2D eigenvalue weighted by atomic mass is 10.2. The first-order chi connectivity index (χ1) is 13.0. The number of hydrogen-bond donors (Lipinski definition) is 2. The van der Waals surface area contributed by atoms with Crippen molar-refractivity contribution < 1.29 is 9.53 Å². The van der Waals surface area contributed by atoms with E-state index in [-0.39, 0.29) is 11.6 Å². The van der Waals surface area contributed by atoms with Gasteiger partial charge in [-0.2, -0.15) is 0 Å². The van der Waals surface area contributed by atoms with Gasteiger partial charge in [-0.15, -0.1) is 0 Å². The van der Waals surface area contributed by atoms with Crippen molar-refractivity contribution in [1.82, 2.24) is 9.97 Å². The van der Waals surface area contributed by atoms with Crippen LogP contribution in [-0.4, -0.2) is 23.0 Å². The molecule has 0 spiro atoms. The zero-order valence-electron chi connectivity index (χ0n) is 15.0. The monoisotopic (exact) mass is 382 g/mol. The second-order valence-corrected chi connectivity index (χ2v) is 6.32. The molecule has 3 aromatic rings. The van der Waals surface area contributed by atoms with E-state index in [1.54, 1.807) is 37.4 Å². The molecule has 0 aliphatic heterocycles. The molecule has 0 saturated carbocycles. The number of methoxy groups -OCH3 is 1. The molecule has 27 heavy (non-hydrogen) atoms. The molecule has 2 aromatic carbocycles. The topological polar surface area (TPSA) is 76.1 Å². The smallest absolute Gasteiger partial charge is 0.274 e.